The lowest BCUT2D eigenvalue weighted by atomic mass is 9.49. The van der Waals surface area contributed by atoms with E-state index in [1.807, 2.05) is 19.9 Å². The molecular weight excluding hydrogens is 865 g/mol. The molecular formula is C61H90N6O3. The fourth-order valence-electron chi connectivity index (χ4n) is 16.4. The van der Waals surface area contributed by atoms with Gasteiger partial charge in [-0.15, -0.1) is 0 Å². The highest BCUT2D eigenvalue weighted by Gasteiger charge is 2.50. The van der Waals surface area contributed by atoms with Gasteiger partial charge in [0.15, 0.2) is 0 Å². The van der Waals surface area contributed by atoms with Gasteiger partial charge >= 0.3 is 0 Å². The highest BCUT2D eigenvalue weighted by molar-refractivity contribution is 5.99. The van der Waals surface area contributed by atoms with Crippen LogP contribution in [0.3, 0.4) is 0 Å². The van der Waals surface area contributed by atoms with Gasteiger partial charge < -0.3 is 24.8 Å². The highest BCUT2D eigenvalue weighted by atomic mass is 16.5. The van der Waals surface area contributed by atoms with Gasteiger partial charge in [-0.2, -0.15) is 0 Å². The molecule has 70 heavy (non-hydrogen) atoms. The number of aromatic nitrogens is 1. The monoisotopic (exact) mass is 955 g/mol. The molecule has 3 aromatic rings. The van der Waals surface area contributed by atoms with Crippen LogP contribution in [-0.2, 0) is 17.8 Å². The Labute approximate surface area is 422 Å². The van der Waals surface area contributed by atoms with Crippen LogP contribution in [0.1, 0.15) is 161 Å². The summed E-state index contributed by atoms with van der Waals surface area (Å²) in [6.07, 6.45) is 24.5. The molecule has 8 aliphatic rings. The van der Waals surface area contributed by atoms with E-state index in [-0.39, 0.29) is 18.0 Å². The second kappa shape index (κ2) is 21.9. The van der Waals surface area contributed by atoms with Crippen LogP contribution in [0, 0.1) is 61.2 Å². The molecule has 1 amide bonds. The van der Waals surface area contributed by atoms with Crippen molar-refractivity contribution < 1.29 is 9.53 Å². The fraction of sp³-hybridized carbons (Fsp3) is 0.705. The van der Waals surface area contributed by atoms with Crippen molar-refractivity contribution in [3.8, 4) is 11.1 Å². The number of benzene rings is 2. The van der Waals surface area contributed by atoms with Crippen LogP contribution < -0.4 is 15.8 Å². The number of ether oxygens (including phenoxy) is 1. The number of rotatable bonds is 19. The van der Waals surface area contributed by atoms with Gasteiger partial charge in [0, 0.05) is 101 Å². The van der Waals surface area contributed by atoms with Gasteiger partial charge in [-0.3, -0.25) is 19.4 Å². The van der Waals surface area contributed by atoms with E-state index in [9.17, 15) is 9.59 Å². The standard InChI is InChI=1S/C61H90N6O3/c1-6-60(36-47-9-8-10-48(30-47)37-60)17-19-64(20-18-61-38-49-31-50(39-61)33-51(32-49)40-61)21-22-65-23-25-66(26-24-65)42-46-11-13-52(14-12-46)53-34-55(58(68)62-41-56-43(3)29-44(4)63-59(56)69)45(5)57(35-53)67(7-2)54-15-27-70-28-16-54/h11-14,29,34-35,47-51,54H,6-10,15-28,30-33,36-42H2,1-5H3,(H,62,68)(H,63,69). The zero-order valence-corrected chi connectivity index (χ0v) is 44.2. The van der Waals surface area contributed by atoms with Crippen LogP contribution in [0.4, 0.5) is 5.69 Å². The van der Waals surface area contributed by atoms with Crippen molar-refractivity contribution >= 4 is 11.6 Å². The summed E-state index contributed by atoms with van der Waals surface area (Å²) in [5.74, 6) is 4.99. The number of aryl methyl sites for hydroxylation is 2. The molecule has 1 aromatic heterocycles. The average Bonchev–Trinajstić information content (AvgIpc) is 3.34. The molecule has 2 N–H and O–H groups in total. The number of piperazine rings is 1. The summed E-state index contributed by atoms with van der Waals surface area (Å²) in [6.45, 7) is 23.8. The molecule has 3 heterocycles. The van der Waals surface area contributed by atoms with Crippen molar-refractivity contribution in [3.05, 3.63) is 86.3 Å². The third-order valence-electron chi connectivity index (χ3n) is 19.9. The number of carbonyl (C=O) groups is 1. The fourth-order valence-corrected chi connectivity index (χ4v) is 16.4. The minimum atomic E-state index is -0.157. The van der Waals surface area contributed by atoms with Crippen LogP contribution in [0.2, 0.25) is 0 Å². The Morgan fingerprint density at radius 3 is 2.04 bits per heavy atom. The number of pyridine rings is 1. The average molecular weight is 955 g/mol. The van der Waals surface area contributed by atoms with Gasteiger partial charge in [-0.25, -0.2) is 0 Å². The third-order valence-corrected chi connectivity index (χ3v) is 19.9. The van der Waals surface area contributed by atoms with Crippen LogP contribution in [0.25, 0.3) is 11.1 Å². The largest absolute Gasteiger partial charge is 0.381 e. The lowest BCUT2D eigenvalue weighted by Crippen LogP contribution is -2.49. The molecule has 11 rings (SSSR count). The van der Waals surface area contributed by atoms with Gasteiger partial charge in [0.05, 0.1) is 0 Å². The molecule has 2 saturated heterocycles. The number of carbonyl (C=O) groups excluding carboxylic acids is 1. The van der Waals surface area contributed by atoms with Crippen molar-refractivity contribution in [2.24, 2.45) is 40.4 Å². The zero-order chi connectivity index (χ0) is 48.4. The number of hydrogen-bond donors (Lipinski definition) is 2. The number of H-pyrrole nitrogens is 1. The predicted molar refractivity (Wildman–Crippen MR) is 287 cm³/mol. The van der Waals surface area contributed by atoms with Gasteiger partial charge in [0.25, 0.3) is 11.5 Å². The van der Waals surface area contributed by atoms with Crippen molar-refractivity contribution in [2.45, 2.75) is 163 Å². The van der Waals surface area contributed by atoms with Crippen LogP contribution in [0.15, 0.2) is 47.3 Å². The van der Waals surface area contributed by atoms with E-state index in [0.717, 1.165) is 129 Å². The molecule has 6 saturated carbocycles. The Bertz CT molecular complexity index is 2260. The number of nitrogens with zero attached hydrogens (tertiary/aromatic N) is 4. The summed E-state index contributed by atoms with van der Waals surface area (Å²) in [7, 11) is 0. The van der Waals surface area contributed by atoms with Crippen molar-refractivity contribution in [1.82, 2.24) is 25.0 Å². The Balaban J connectivity index is 0.773. The van der Waals surface area contributed by atoms with Crippen LogP contribution in [0.5, 0.6) is 0 Å². The summed E-state index contributed by atoms with van der Waals surface area (Å²) in [5.41, 5.74) is 9.63. The SMILES string of the molecule is CCN(c1cc(-c2ccc(CN3CCN(CCN(CCC4(CC)CC5CCCC(C5)C4)CCC45CC6CC(CC(C6)C4)C5)CC3)cc2)cc(C(=O)NCc2c(C)cc(C)[nH]c2=O)c1C)C1CCOCC1. The number of aromatic amines is 1. The summed E-state index contributed by atoms with van der Waals surface area (Å²) in [5, 5.41) is 3.12. The molecule has 382 valence electrons. The minimum absolute atomic E-state index is 0.146. The van der Waals surface area contributed by atoms with E-state index in [4.69, 9.17) is 4.74 Å². The second-order valence-electron chi connectivity index (χ2n) is 24.7. The molecule has 2 unspecified atom stereocenters. The van der Waals surface area contributed by atoms with E-state index < -0.39 is 0 Å². The smallest absolute Gasteiger partial charge is 0.253 e. The lowest BCUT2D eigenvalue weighted by Gasteiger charge is -2.57. The first-order valence-corrected chi connectivity index (χ1v) is 28.7. The summed E-state index contributed by atoms with van der Waals surface area (Å²) >= 11 is 0. The molecule has 2 atom stereocenters. The van der Waals surface area contributed by atoms with Crippen molar-refractivity contribution in [3.63, 3.8) is 0 Å². The number of anilines is 1. The molecule has 6 aliphatic carbocycles. The topological polar surface area (TPSA) is 84.2 Å². The highest BCUT2D eigenvalue weighted by Crippen LogP contribution is 2.61. The first-order chi connectivity index (χ1) is 33.9. The molecule has 0 spiro atoms. The van der Waals surface area contributed by atoms with E-state index >= 15 is 0 Å². The first kappa shape index (κ1) is 50.1. The van der Waals surface area contributed by atoms with E-state index in [1.165, 1.54) is 89.5 Å². The van der Waals surface area contributed by atoms with Gasteiger partial charge in [0.2, 0.25) is 0 Å². The molecule has 0 radical (unpaired) electrons. The molecule has 9 heteroatoms. The quantitative estimate of drug-likeness (QED) is 0.124. The maximum Gasteiger partial charge on any atom is 0.253 e. The second-order valence-corrected chi connectivity index (χ2v) is 24.7. The number of hydrogen-bond acceptors (Lipinski definition) is 7. The molecule has 6 bridgehead atoms. The number of nitrogens with one attached hydrogen (secondary N) is 2. The molecule has 8 fully saturated rings. The maximum absolute atomic E-state index is 14.1. The van der Waals surface area contributed by atoms with Gasteiger partial charge in [-0.05, 0) is 211 Å². The predicted octanol–water partition coefficient (Wildman–Crippen LogP) is 11.3. The van der Waals surface area contributed by atoms with Gasteiger partial charge in [-0.1, -0.05) is 56.9 Å². The van der Waals surface area contributed by atoms with Crippen molar-refractivity contribution in [2.75, 3.05) is 77.0 Å². The third kappa shape index (κ3) is 11.5. The van der Waals surface area contributed by atoms with Gasteiger partial charge in [0.1, 0.15) is 0 Å². The maximum atomic E-state index is 14.1. The Hall–Kier alpha value is -3.50. The number of amides is 1. The molecule has 9 nitrogen and oxygen atoms in total. The normalized spacial score (nSPS) is 29.2. The van der Waals surface area contributed by atoms with Crippen molar-refractivity contribution in [1.29, 1.82) is 0 Å². The Morgan fingerprint density at radius 1 is 0.757 bits per heavy atom. The Morgan fingerprint density at radius 2 is 1.40 bits per heavy atom. The summed E-state index contributed by atoms with van der Waals surface area (Å²) in [6, 6.07) is 15.8. The van der Waals surface area contributed by atoms with E-state index in [0.29, 0.717) is 28.0 Å². The number of fused-ring (bicyclic) bond motifs is 2. The minimum Gasteiger partial charge on any atom is -0.381 e. The summed E-state index contributed by atoms with van der Waals surface area (Å²) < 4.78 is 5.76. The van der Waals surface area contributed by atoms with E-state index in [2.05, 4.69) is 87.1 Å². The Kier molecular flexibility index (Phi) is 15.7. The van der Waals surface area contributed by atoms with E-state index in [1.54, 1.807) is 38.5 Å². The van der Waals surface area contributed by atoms with Crippen LogP contribution in [-0.4, -0.2) is 104 Å². The summed E-state index contributed by atoms with van der Waals surface area (Å²) in [4.78, 5) is 40.8. The lowest BCUT2D eigenvalue weighted by molar-refractivity contribution is -0.0619. The zero-order valence-electron chi connectivity index (χ0n) is 44.2. The molecule has 2 aliphatic heterocycles. The van der Waals surface area contributed by atoms with Crippen LogP contribution >= 0.6 is 0 Å². The molecule has 2 aromatic carbocycles. The first-order valence-electron chi connectivity index (χ1n) is 28.7.